The van der Waals surface area contributed by atoms with Crippen LogP contribution in [0.25, 0.3) is 48.8 Å². The lowest BCUT2D eigenvalue weighted by Gasteiger charge is -2.41. The van der Waals surface area contributed by atoms with E-state index in [4.69, 9.17) is 0 Å². The fourth-order valence-corrected chi connectivity index (χ4v) is 7.50. The van der Waals surface area contributed by atoms with E-state index in [1.165, 1.54) is 12.1 Å². The SMILES string of the molecule is Cc1cc(O)c2c(O)c3c(=O)cc(O)c4c3c3c5c6c(c(=O)cc(CO)c6c1c23)=C(O)C1=C(O)C=C(O)C4C15. The number of fused-ring (bicyclic) bond motifs is 2. The molecule has 9 heteroatoms. The van der Waals surface area contributed by atoms with Gasteiger partial charge >= 0.3 is 0 Å². The van der Waals surface area contributed by atoms with Crippen LogP contribution in [0.3, 0.4) is 0 Å². The Bertz CT molecular complexity index is 2330. The summed E-state index contributed by atoms with van der Waals surface area (Å²) in [6.45, 7) is 1.17. The van der Waals surface area contributed by atoms with E-state index >= 15 is 0 Å². The maximum absolute atomic E-state index is 13.4. The Morgan fingerprint density at radius 2 is 1.41 bits per heavy atom. The lowest BCUT2D eigenvalue weighted by atomic mass is 9.62. The van der Waals surface area contributed by atoms with Crippen molar-refractivity contribution in [3.63, 3.8) is 0 Å². The maximum atomic E-state index is 13.4. The van der Waals surface area contributed by atoms with Crippen molar-refractivity contribution in [2.75, 3.05) is 0 Å². The number of aliphatic hydroxyl groups excluding tert-OH is 4. The van der Waals surface area contributed by atoms with Crippen molar-refractivity contribution in [3.8, 4) is 17.2 Å². The molecule has 0 aliphatic heterocycles. The van der Waals surface area contributed by atoms with Gasteiger partial charge in [0.15, 0.2) is 10.9 Å². The Labute approximate surface area is 216 Å². The van der Waals surface area contributed by atoms with Crippen LogP contribution in [0.1, 0.15) is 34.1 Å². The van der Waals surface area contributed by atoms with Crippen LogP contribution in [0, 0.1) is 6.92 Å². The molecule has 3 aliphatic carbocycles. The highest BCUT2D eigenvalue weighted by Gasteiger charge is 2.48. The molecule has 0 saturated carbocycles. The van der Waals surface area contributed by atoms with Gasteiger partial charge in [0.05, 0.1) is 28.5 Å². The molecule has 0 amide bonds. The van der Waals surface area contributed by atoms with Gasteiger partial charge in [0.25, 0.3) is 0 Å². The van der Waals surface area contributed by atoms with E-state index in [0.29, 0.717) is 32.7 Å². The Morgan fingerprint density at radius 3 is 2.13 bits per heavy atom. The third-order valence-electron chi connectivity index (χ3n) is 8.76. The predicted molar refractivity (Wildman–Crippen MR) is 143 cm³/mol. The smallest absolute Gasteiger partial charge is 0.193 e. The molecule has 0 aromatic heterocycles. The highest BCUT2D eigenvalue weighted by molar-refractivity contribution is 6.35. The van der Waals surface area contributed by atoms with E-state index in [9.17, 15) is 45.3 Å². The van der Waals surface area contributed by atoms with E-state index in [2.05, 4.69) is 0 Å². The van der Waals surface area contributed by atoms with Gasteiger partial charge in [-0.2, -0.15) is 0 Å². The second-order valence-corrected chi connectivity index (χ2v) is 10.5. The van der Waals surface area contributed by atoms with Crippen molar-refractivity contribution in [2.24, 2.45) is 0 Å². The van der Waals surface area contributed by atoms with Gasteiger partial charge in [-0.25, -0.2) is 0 Å². The fraction of sp³-hybridized carbons (Fsp3) is 0.133. The average molecular weight is 522 g/mol. The first-order valence-electron chi connectivity index (χ1n) is 12.2. The van der Waals surface area contributed by atoms with Gasteiger partial charge in [0.1, 0.15) is 34.5 Å². The molecule has 8 rings (SSSR count). The van der Waals surface area contributed by atoms with Crippen LogP contribution >= 0.6 is 0 Å². The molecule has 2 atom stereocenters. The summed E-state index contributed by atoms with van der Waals surface area (Å²) in [5.41, 5.74) is -0.0938. The normalized spacial score (nSPS) is 19.4. The molecule has 2 unspecified atom stereocenters. The first-order valence-corrected chi connectivity index (χ1v) is 12.2. The minimum atomic E-state index is -1.09. The summed E-state index contributed by atoms with van der Waals surface area (Å²) < 4.78 is 0. The molecular weight excluding hydrogens is 504 g/mol. The highest BCUT2D eigenvalue weighted by atomic mass is 16.3. The van der Waals surface area contributed by atoms with Gasteiger partial charge in [-0.3, -0.25) is 9.59 Å². The van der Waals surface area contributed by atoms with Crippen LogP contribution < -0.4 is 16.1 Å². The zero-order chi connectivity index (χ0) is 27.4. The van der Waals surface area contributed by atoms with Gasteiger partial charge in [0, 0.05) is 45.4 Å². The average Bonchev–Trinajstić information content (AvgIpc) is 2.86. The molecular formula is C30H18O9. The molecule has 0 heterocycles. The topological polar surface area (TPSA) is 176 Å². The number of aryl methyl sites for hydroxylation is 1. The quantitative estimate of drug-likeness (QED) is 0.129. The molecule has 192 valence electrons. The molecule has 0 radical (unpaired) electrons. The van der Waals surface area contributed by atoms with E-state index in [-0.39, 0.29) is 55.0 Å². The third-order valence-corrected chi connectivity index (χ3v) is 8.76. The molecule has 0 bridgehead atoms. The highest BCUT2D eigenvalue weighted by Crippen LogP contribution is 2.62. The molecule has 39 heavy (non-hydrogen) atoms. The molecule has 5 aromatic carbocycles. The van der Waals surface area contributed by atoms with Crippen molar-refractivity contribution in [1.82, 2.24) is 0 Å². The minimum absolute atomic E-state index is 0.0239. The number of phenolic OH excluding ortho intramolecular Hbond substituents is 3. The molecule has 3 aliphatic rings. The van der Waals surface area contributed by atoms with E-state index in [1.807, 2.05) is 0 Å². The van der Waals surface area contributed by atoms with Crippen molar-refractivity contribution in [3.05, 3.63) is 89.3 Å². The Balaban J connectivity index is 1.92. The fourth-order valence-electron chi connectivity index (χ4n) is 7.50. The first-order chi connectivity index (χ1) is 18.6. The third kappa shape index (κ3) is 2.16. The Hall–Kier alpha value is -5.02. The van der Waals surface area contributed by atoms with Crippen molar-refractivity contribution >= 4 is 48.8 Å². The summed E-state index contributed by atoms with van der Waals surface area (Å²) in [5, 5.41) is 79.2. The van der Waals surface area contributed by atoms with Crippen LogP contribution in [0.2, 0.25) is 0 Å². The lowest BCUT2D eigenvalue weighted by molar-refractivity contribution is 0.283. The van der Waals surface area contributed by atoms with Gasteiger partial charge in [-0.1, -0.05) is 0 Å². The molecule has 0 saturated heterocycles. The summed E-state index contributed by atoms with van der Waals surface area (Å²) in [4.78, 5) is 26.7. The molecule has 7 N–H and O–H groups in total. The van der Waals surface area contributed by atoms with Gasteiger partial charge in [-0.15, -0.1) is 0 Å². The summed E-state index contributed by atoms with van der Waals surface area (Å²) in [6, 6.07) is 3.54. The zero-order valence-corrected chi connectivity index (χ0v) is 20.1. The van der Waals surface area contributed by atoms with Crippen LogP contribution in [-0.4, -0.2) is 35.7 Å². The Kier molecular flexibility index (Phi) is 3.67. The van der Waals surface area contributed by atoms with Gasteiger partial charge in [-0.05, 0) is 51.9 Å². The molecule has 5 aromatic rings. The van der Waals surface area contributed by atoms with Crippen molar-refractivity contribution < 1.29 is 35.7 Å². The number of aliphatic hydroxyl groups is 4. The lowest BCUT2D eigenvalue weighted by Crippen LogP contribution is -2.37. The number of phenols is 3. The molecule has 9 nitrogen and oxygen atoms in total. The van der Waals surface area contributed by atoms with Gasteiger partial charge < -0.3 is 35.7 Å². The summed E-state index contributed by atoms with van der Waals surface area (Å²) >= 11 is 0. The maximum Gasteiger partial charge on any atom is 0.193 e. The van der Waals surface area contributed by atoms with Crippen LogP contribution in [0.15, 0.2) is 51.0 Å². The number of aromatic hydroxyl groups is 3. The Morgan fingerprint density at radius 1 is 0.692 bits per heavy atom. The largest absolute Gasteiger partial charge is 0.511 e. The van der Waals surface area contributed by atoms with E-state index < -0.39 is 52.3 Å². The summed E-state index contributed by atoms with van der Waals surface area (Å²) in [5.74, 6) is -4.67. The second-order valence-electron chi connectivity index (χ2n) is 10.5. The molecule has 0 fully saturated rings. The van der Waals surface area contributed by atoms with Crippen LogP contribution in [-0.2, 0) is 6.61 Å². The standard InChI is InChI=1S/C30H18O9/c1-7-2-9(32)19-23-15(7)16-8(6-31)3-10(33)20-24(16)28-26-18(12(35)5-14(37)22(26)30(20)39)17-11(34)4-13(36)21(29(19)38)25(17)27(23)28/h2-5,18,26,31-32,34-35,37-39H,6H2,1H3. The number of allylic oxidation sites excluding steroid dienone is 2. The van der Waals surface area contributed by atoms with Gasteiger partial charge in [0.2, 0.25) is 0 Å². The van der Waals surface area contributed by atoms with Crippen LogP contribution in [0.4, 0.5) is 0 Å². The van der Waals surface area contributed by atoms with Crippen molar-refractivity contribution in [1.29, 1.82) is 0 Å². The number of hydrogen-bond acceptors (Lipinski definition) is 9. The van der Waals surface area contributed by atoms with Crippen molar-refractivity contribution in [2.45, 2.75) is 25.4 Å². The molecule has 0 spiro atoms. The second kappa shape index (κ2) is 6.51. The number of benzene rings is 5. The van der Waals surface area contributed by atoms with E-state index in [0.717, 1.165) is 12.1 Å². The summed E-state index contributed by atoms with van der Waals surface area (Å²) in [6.07, 6.45) is 1.03. The number of hydrogen-bond donors (Lipinski definition) is 7. The monoisotopic (exact) mass is 522 g/mol. The zero-order valence-electron chi connectivity index (χ0n) is 20.1. The van der Waals surface area contributed by atoms with E-state index in [1.54, 1.807) is 6.92 Å². The number of rotatable bonds is 1. The van der Waals surface area contributed by atoms with Crippen LogP contribution in [0.5, 0.6) is 17.2 Å². The minimum Gasteiger partial charge on any atom is -0.511 e. The predicted octanol–water partition coefficient (Wildman–Crippen LogP) is 3.22. The summed E-state index contributed by atoms with van der Waals surface area (Å²) in [7, 11) is 0. The first kappa shape index (κ1) is 22.0.